The van der Waals surface area contributed by atoms with E-state index in [1.54, 1.807) is 24.3 Å². The highest BCUT2D eigenvalue weighted by Crippen LogP contribution is 2.29. The molecule has 1 aromatic heterocycles. The van der Waals surface area contributed by atoms with Gasteiger partial charge in [0.05, 0.1) is 17.1 Å². The number of rotatable bonds is 7. The fourth-order valence-corrected chi connectivity index (χ4v) is 4.28. The molecule has 33 heavy (non-hydrogen) atoms. The normalized spacial score (nSPS) is 17.0. The van der Waals surface area contributed by atoms with Crippen molar-refractivity contribution in [3.05, 3.63) is 82.9 Å². The predicted octanol–water partition coefficient (Wildman–Crippen LogP) is 3.42. The van der Waals surface area contributed by atoms with Crippen molar-refractivity contribution >= 4 is 17.6 Å². The van der Waals surface area contributed by atoms with Gasteiger partial charge in [-0.2, -0.15) is 5.10 Å². The summed E-state index contributed by atoms with van der Waals surface area (Å²) in [5.41, 5.74) is -1.38. The predicted molar refractivity (Wildman–Crippen MR) is 117 cm³/mol. The zero-order valence-corrected chi connectivity index (χ0v) is 18.5. The Balaban J connectivity index is 1.43. The van der Waals surface area contributed by atoms with Crippen LogP contribution in [0.4, 0.5) is 8.78 Å². The van der Waals surface area contributed by atoms with E-state index < -0.39 is 23.2 Å². The third-order valence-corrected chi connectivity index (χ3v) is 6.04. The number of aromatic nitrogens is 3. The lowest BCUT2D eigenvalue weighted by atomic mass is 9.91. The first-order valence-corrected chi connectivity index (χ1v) is 10.9. The first-order chi connectivity index (χ1) is 15.8. The number of halogens is 3. The van der Waals surface area contributed by atoms with E-state index in [2.05, 4.69) is 10.1 Å². The van der Waals surface area contributed by atoms with Crippen molar-refractivity contribution in [3.63, 3.8) is 0 Å². The number of piperidine rings is 1. The number of carbonyl (C=O) groups excluding carboxylic acids is 1. The summed E-state index contributed by atoms with van der Waals surface area (Å²) in [6, 6.07) is 9.82. The number of benzene rings is 2. The summed E-state index contributed by atoms with van der Waals surface area (Å²) in [5, 5.41) is 15.8. The van der Waals surface area contributed by atoms with E-state index in [-0.39, 0.29) is 24.8 Å². The minimum atomic E-state index is -1.67. The molecule has 0 aliphatic carbocycles. The van der Waals surface area contributed by atoms with E-state index in [0.29, 0.717) is 36.5 Å². The van der Waals surface area contributed by atoms with Gasteiger partial charge in [0.15, 0.2) is 0 Å². The monoisotopic (exact) mass is 476 g/mol. The van der Waals surface area contributed by atoms with Gasteiger partial charge >= 0.3 is 5.97 Å². The molecule has 1 saturated heterocycles. The smallest absolute Gasteiger partial charge is 0.339 e. The molecule has 0 bridgehead atoms. The Morgan fingerprint density at radius 1 is 1.18 bits per heavy atom. The van der Waals surface area contributed by atoms with Crippen molar-refractivity contribution in [1.82, 2.24) is 19.7 Å². The molecule has 1 aliphatic heterocycles. The molecule has 3 aromatic rings. The van der Waals surface area contributed by atoms with E-state index in [9.17, 15) is 18.7 Å². The second-order valence-corrected chi connectivity index (χ2v) is 8.52. The molecule has 1 atom stereocenters. The van der Waals surface area contributed by atoms with Crippen LogP contribution in [-0.2, 0) is 16.9 Å². The minimum Gasteiger partial charge on any atom is -0.459 e. The van der Waals surface area contributed by atoms with Crippen LogP contribution in [0.2, 0.25) is 5.02 Å². The molecule has 1 unspecified atom stereocenters. The molecular formula is C23H23ClF2N4O3. The number of β-amino-alcohol motifs (C(OH)–C–C–N with tert-alkyl or cyclic N) is 1. The number of carbonyl (C=O) groups is 1. The summed E-state index contributed by atoms with van der Waals surface area (Å²) >= 11 is 6.07. The quantitative estimate of drug-likeness (QED) is 0.526. The molecule has 1 fully saturated rings. The van der Waals surface area contributed by atoms with E-state index in [1.807, 2.05) is 4.90 Å². The first kappa shape index (κ1) is 23.3. The van der Waals surface area contributed by atoms with Gasteiger partial charge in [-0.25, -0.2) is 23.2 Å². The van der Waals surface area contributed by atoms with Crippen LogP contribution in [0, 0.1) is 11.6 Å². The lowest BCUT2D eigenvalue weighted by Crippen LogP contribution is -2.48. The molecule has 2 aromatic carbocycles. The van der Waals surface area contributed by atoms with Gasteiger partial charge in [-0.05, 0) is 31.0 Å². The Hall–Kier alpha value is -2.88. The summed E-state index contributed by atoms with van der Waals surface area (Å²) < 4.78 is 35.1. The second kappa shape index (κ2) is 9.94. The minimum absolute atomic E-state index is 0.0216. The molecular weight excluding hydrogens is 454 g/mol. The fourth-order valence-electron chi connectivity index (χ4n) is 4.07. The zero-order chi connectivity index (χ0) is 23.4. The van der Waals surface area contributed by atoms with Crippen molar-refractivity contribution in [1.29, 1.82) is 0 Å². The topological polar surface area (TPSA) is 80.5 Å². The molecule has 1 N–H and O–H groups in total. The van der Waals surface area contributed by atoms with Crippen molar-refractivity contribution < 1.29 is 23.4 Å². The van der Waals surface area contributed by atoms with E-state index in [1.165, 1.54) is 23.4 Å². The van der Waals surface area contributed by atoms with Crippen LogP contribution < -0.4 is 0 Å². The van der Waals surface area contributed by atoms with Gasteiger partial charge in [0.2, 0.25) is 0 Å². The van der Waals surface area contributed by atoms with Crippen molar-refractivity contribution in [2.24, 2.45) is 0 Å². The molecule has 0 radical (unpaired) electrons. The van der Waals surface area contributed by atoms with Gasteiger partial charge < -0.3 is 9.84 Å². The summed E-state index contributed by atoms with van der Waals surface area (Å²) in [6.45, 7) is 1.06. The number of hydrogen-bond acceptors (Lipinski definition) is 6. The highest BCUT2D eigenvalue weighted by Gasteiger charge is 2.37. The second-order valence-electron chi connectivity index (χ2n) is 8.11. The Labute approximate surface area is 194 Å². The average molecular weight is 477 g/mol. The first-order valence-electron chi connectivity index (χ1n) is 10.5. The molecule has 10 heteroatoms. The molecule has 0 amide bonds. The van der Waals surface area contributed by atoms with Crippen LogP contribution in [0.1, 0.15) is 28.8 Å². The van der Waals surface area contributed by atoms with E-state index in [4.69, 9.17) is 16.3 Å². The van der Waals surface area contributed by atoms with Crippen LogP contribution in [0.25, 0.3) is 0 Å². The van der Waals surface area contributed by atoms with Gasteiger partial charge in [-0.15, -0.1) is 0 Å². The number of ether oxygens (including phenoxy) is 1. The number of aliphatic hydroxyl groups is 1. The summed E-state index contributed by atoms with van der Waals surface area (Å²) in [6.07, 6.45) is 3.53. The average Bonchev–Trinajstić information content (AvgIpc) is 3.28. The fraction of sp³-hybridized carbons (Fsp3) is 0.348. The Bertz CT molecular complexity index is 1110. The van der Waals surface area contributed by atoms with Crippen LogP contribution in [0.15, 0.2) is 55.1 Å². The largest absolute Gasteiger partial charge is 0.459 e. The third-order valence-electron chi connectivity index (χ3n) is 5.71. The van der Waals surface area contributed by atoms with Gasteiger partial charge in [-0.3, -0.25) is 4.90 Å². The van der Waals surface area contributed by atoms with Crippen LogP contribution in [0.3, 0.4) is 0 Å². The zero-order valence-electron chi connectivity index (χ0n) is 17.7. The van der Waals surface area contributed by atoms with Gasteiger partial charge in [-0.1, -0.05) is 29.8 Å². The summed E-state index contributed by atoms with van der Waals surface area (Å²) in [7, 11) is 0. The van der Waals surface area contributed by atoms with Gasteiger partial charge in [0.1, 0.15) is 36.0 Å². The van der Waals surface area contributed by atoms with Crippen LogP contribution in [-0.4, -0.2) is 56.5 Å². The number of esters is 1. The SMILES string of the molecule is O=C(OC1CCN(CC(O)(Cn2cncn2)c2ccc(F)cc2F)CC1)c1ccccc1Cl. The molecule has 1 aliphatic rings. The van der Waals surface area contributed by atoms with E-state index in [0.717, 1.165) is 12.1 Å². The molecule has 0 saturated carbocycles. The Morgan fingerprint density at radius 2 is 1.94 bits per heavy atom. The molecule has 0 spiro atoms. The highest BCUT2D eigenvalue weighted by atomic mass is 35.5. The lowest BCUT2D eigenvalue weighted by Gasteiger charge is -2.38. The van der Waals surface area contributed by atoms with E-state index >= 15 is 0 Å². The maximum atomic E-state index is 14.6. The standard InChI is InChI=1S/C23H23ClF2N4O3/c24-20-4-2-1-3-18(20)22(31)33-17-7-9-29(10-8-17)12-23(32,13-30-15-27-14-28-30)19-6-5-16(25)11-21(19)26/h1-6,11,14-15,17,32H,7-10,12-13H2. The molecule has 4 rings (SSSR count). The number of nitrogens with zero attached hydrogens (tertiary/aromatic N) is 4. The van der Waals surface area contributed by atoms with Crippen LogP contribution in [0.5, 0.6) is 0 Å². The van der Waals surface area contributed by atoms with Crippen LogP contribution >= 0.6 is 11.6 Å². The number of hydrogen-bond donors (Lipinski definition) is 1. The van der Waals surface area contributed by atoms with Crippen molar-refractivity contribution in [2.75, 3.05) is 19.6 Å². The summed E-state index contributed by atoms with van der Waals surface area (Å²) in [5.74, 6) is -2.03. The van der Waals surface area contributed by atoms with Gasteiger partial charge in [0, 0.05) is 31.3 Å². The van der Waals surface area contributed by atoms with Crippen molar-refractivity contribution in [3.8, 4) is 0 Å². The number of likely N-dealkylation sites (tertiary alicyclic amines) is 1. The van der Waals surface area contributed by atoms with Gasteiger partial charge in [0.25, 0.3) is 0 Å². The Morgan fingerprint density at radius 3 is 2.61 bits per heavy atom. The summed E-state index contributed by atoms with van der Waals surface area (Å²) in [4.78, 5) is 18.2. The Kier molecular flexibility index (Phi) is 7.02. The third kappa shape index (κ3) is 5.55. The van der Waals surface area contributed by atoms with Crippen molar-refractivity contribution in [2.45, 2.75) is 31.1 Å². The molecule has 2 heterocycles. The lowest BCUT2D eigenvalue weighted by molar-refractivity contribution is -0.0396. The molecule has 7 nitrogen and oxygen atoms in total. The highest BCUT2D eigenvalue weighted by molar-refractivity contribution is 6.33. The maximum Gasteiger partial charge on any atom is 0.339 e. The maximum absolute atomic E-state index is 14.6. The molecule has 174 valence electrons.